The van der Waals surface area contributed by atoms with Crippen LogP contribution in [0, 0.1) is 11.8 Å². The molecule has 2 fully saturated rings. The van der Waals surface area contributed by atoms with Crippen molar-refractivity contribution in [2.24, 2.45) is 11.8 Å². The van der Waals surface area contributed by atoms with Gasteiger partial charge in [0.2, 0.25) is 0 Å². The molecule has 0 aromatic heterocycles. The molecule has 0 atom stereocenters. The summed E-state index contributed by atoms with van der Waals surface area (Å²) in [5.74, 6) is 2.47. The van der Waals surface area contributed by atoms with Crippen LogP contribution in [0.25, 0.3) is 0 Å². The predicted molar refractivity (Wildman–Crippen MR) is 121 cm³/mol. The molecular weight excluding hydrogens is 380 g/mol. The number of aryl methyl sites for hydroxylation is 1. The molecule has 1 aromatic rings. The molecule has 164 valence electrons. The highest BCUT2D eigenvalue weighted by Gasteiger charge is 2.33. The Kier molecular flexibility index (Phi) is 7.69. The molecule has 3 rings (SSSR count). The van der Waals surface area contributed by atoms with Crippen LogP contribution in [-0.4, -0.2) is 25.0 Å². The fourth-order valence-corrected chi connectivity index (χ4v) is 6.18. The van der Waals surface area contributed by atoms with Crippen LogP contribution in [0.1, 0.15) is 90.5 Å². The van der Waals surface area contributed by atoms with Crippen molar-refractivity contribution in [2.75, 3.05) is 5.75 Å². The molecule has 0 spiro atoms. The van der Waals surface area contributed by atoms with Gasteiger partial charge >= 0.3 is 0 Å². The fourth-order valence-electron chi connectivity index (χ4n) is 4.73. The lowest BCUT2D eigenvalue weighted by Gasteiger charge is -2.30. The average Bonchev–Trinajstić information content (AvgIpc) is 2.68. The summed E-state index contributed by atoms with van der Waals surface area (Å²) in [6.07, 6.45) is 13.5. The molecule has 2 aliphatic rings. The number of ether oxygens (including phenoxy) is 1. The van der Waals surface area contributed by atoms with Crippen LogP contribution in [0.2, 0.25) is 0 Å². The average molecular weight is 421 g/mol. The van der Waals surface area contributed by atoms with Crippen LogP contribution in [0.15, 0.2) is 24.3 Å². The third kappa shape index (κ3) is 6.73. The van der Waals surface area contributed by atoms with Gasteiger partial charge in [-0.1, -0.05) is 31.4 Å². The SMILES string of the molecule is CC(C)(C)S(=O)(=O)CC1CCC(CCc2ccc(OC3CCCCC3)cc2)CC1. The smallest absolute Gasteiger partial charge is 0.155 e. The van der Waals surface area contributed by atoms with Crippen LogP contribution >= 0.6 is 0 Å². The molecule has 2 saturated carbocycles. The number of hydrogen-bond donors (Lipinski definition) is 0. The van der Waals surface area contributed by atoms with Gasteiger partial charge in [0.05, 0.1) is 16.6 Å². The van der Waals surface area contributed by atoms with E-state index in [1.54, 1.807) is 0 Å². The van der Waals surface area contributed by atoms with Crippen molar-refractivity contribution < 1.29 is 13.2 Å². The Hall–Kier alpha value is -1.03. The maximum atomic E-state index is 12.5. The third-order valence-electron chi connectivity index (χ3n) is 6.97. The van der Waals surface area contributed by atoms with Crippen LogP contribution in [-0.2, 0) is 16.3 Å². The molecule has 0 N–H and O–H groups in total. The lowest BCUT2D eigenvalue weighted by molar-refractivity contribution is 0.155. The molecule has 0 radical (unpaired) electrons. The topological polar surface area (TPSA) is 43.4 Å². The van der Waals surface area contributed by atoms with Gasteiger partial charge in [0.15, 0.2) is 9.84 Å². The Bertz CT molecular complexity index is 716. The summed E-state index contributed by atoms with van der Waals surface area (Å²) in [4.78, 5) is 0. The second kappa shape index (κ2) is 9.85. The second-order valence-corrected chi connectivity index (χ2v) is 13.1. The first-order chi connectivity index (χ1) is 13.7. The first-order valence-electron chi connectivity index (χ1n) is 11.7. The molecule has 1 aromatic carbocycles. The number of sulfone groups is 1. The standard InChI is InChI=1S/C25H40O3S/c1-25(2,3)29(26,27)19-22-13-11-20(12-14-22)9-10-21-15-17-24(18-16-21)28-23-7-5-4-6-8-23/h15-18,20,22-23H,4-14,19H2,1-3H3. The number of rotatable bonds is 7. The minimum Gasteiger partial charge on any atom is -0.490 e. The summed E-state index contributed by atoms with van der Waals surface area (Å²) in [5, 5.41) is 0. The minimum atomic E-state index is -3.00. The summed E-state index contributed by atoms with van der Waals surface area (Å²) in [6.45, 7) is 5.46. The molecule has 2 aliphatic carbocycles. The third-order valence-corrected chi connectivity index (χ3v) is 9.75. The van der Waals surface area contributed by atoms with Crippen molar-refractivity contribution in [1.29, 1.82) is 0 Å². The van der Waals surface area contributed by atoms with Crippen LogP contribution in [0.3, 0.4) is 0 Å². The number of hydrogen-bond acceptors (Lipinski definition) is 3. The Labute approximate surface area is 178 Å². The van der Waals surface area contributed by atoms with Crippen molar-refractivity contribution in [3.8, 4) is 5.75 Å². The van der Waals surface area contributed by atoms with Gasteiger partial charge in [-0.3, -0.25) is 0 Å². The molecule has 29 heavy (non-hydrogen) atoms. The Morgan fingerprint density at radius 1 is 0.862 bits per heavy atom. The highest BCUT2D eigenvalue weighted by molar-refractivity contribution is 7.92. The van der Waals surface area contributed by atoms with Gasteiger partial charge < -0.3 is 4.74 Å². The first-order valence-corrected chi connectivity index (χ1v) is 13.4. The summed E-state index contributed by atoms with van der Waals surface area (Å²) in [7, 11) is -3.00. The summed E-state index contributed by atoms with van der Waals surface area (Å²) >= 11 is 0. The highest BCUT2D eigenvalue weighted by Crippen LogP contribution is 2.34. The van der Waals surface area contributed by atoms with E-state index < -0.39 is 14.6 Å². The normalized spacial score (nSPS) is 24.4. The van der Waals surface area contributed by atoms with E-state index in [0.717, 1.165) is 30.9 Å². The van der Waals surface area contributed by atoms with Crippen molar-refractivity contribution in [3.05, 3.63) is 29.8 Å². The van der Waals surface area contributed by atoms with Gasteiger partial charge in [0.1, 0.15) is 5.75 Å². The maximum Gasteiger partial charge on any atom is 0.155 e. The van der Waals surface area contributed by atoms with E-state index in [0.29, 0.717) is 17.8 Å². The molecule has 0 bridgehead atoms. The first kappa shape index (κ1) is 22.7. The zero-order valence-electron chi connectivity index (χ0n) is 18.7. The van der Waals surface area contributed by atoms with E-state index in [9.17, 15) is 8.42 Å². The Morgan fingerprint density at radius 3 is 2.03 bits per heavy atom. The van der Waals surface area contributed by atoms with Gasteiger partial charge in [-0.2, -0.15) is 0 Å². The largest absolute Gasteiger partial charge is 0.490 e. The van der Waals surface area contributed by atoms with E-state index >= 15 is 0 Å². The highest BCUT2D eigenvalue weighted by atomic mass is 32.2. The van der Waals surface area contributed by atoms with Crippen LogP contribution in [0.4, 0.5) is 0 Å². The van der Waals surface area contributed by atoms with E-state index in [2.05, 4.69) is 24.3 Å². The van der Waals surface area contributed by atoms with Crippen LogP contribution in [0.5, 0.6) is 5.75 Å². The molecule has 0 heterocycles. The monoisotopic (exact) mass is 420 g/mol. The Morgan fingerprint density at radius 2 is 1.45 bits per heavy atom. The quantitative estimate of drug-likeness (QED) is 0.516. The second-order valence-electron chi connectivity index (χ2n) is 10.3. The van der Waals surface area contributed by atoms with E-state index in [1.165, 1.54) is 56.9 Å². The summed E-state index contributed by atoms with van der Waals surface area (Å²) < 4.78 is 30.4. The zero-order chi connectivity index (χ0) is 20.9. The van der Waals surface area contributed by atoms with E-state index in [-0.39, 0.29) is 0 Å². The molecule has 0 aliphatic heterocycles. The summed E-state index contributed by atoms with van der Waals surface area (Å²) in [5.41, 5.74) is 1.39. The predicted octanol–water partition coefficient (Wildman–Crippen LogP) is 6.35. The molecule has 0 saturated heterocycles. The van der Waals surface area contributed by atoms with Crippen LogP contribution < -0.4 is 4.74 Å². The van der Waals surface area contributed by atoms with Gasteiger partial charge in [-0.25, -0.2) is 8.42 Å². The molecular formula is C25H40O3S. The van der Waals surface area contributed by atoms with Crippen molar-refractivity contribution in [2.45, 2.75) is 102 Å². The molecule has 3 nitrogen and oxygen atoms in total. The van der Waals surface area contributed by atoms with Crippen molar-refractivity contribution in [3.63, 3.8) is 0 Å². The maximum absolute atomic E-state index is 12.5. The van der Waals surface area contributed by atoms with Gasteiger partial charge in [-0.05, 0) is 102 Å². The number of benzene rings is 1. The fraction of sp³-hybridized carbons (Fsp3) is 0.760. The van der Waals surface area contributed by atoms with E-state index in [1.807, 2.05) is 20.8 Å². The lowest BCUT2D eigenvalue weighted by Crippen LogP contribution is -2.34. The molecule has 0 amide bonds. The Balaban J connectivity index is 1.39. The lowest BCUT2D eigenvalue weighted by atomic mass is 9.80. The molecule has 0 unspecified atom stereocenters. The van der Waals surface area contributed by atoms with Gasteiger partial charge in [0.25, 0.3) is 0 Å². The molecule has 4 heteroatoms. The van der Waals surface area contributed by atoms with Crippen molar-refractivity contribution >= 4 is 9.84 Å². The van der Waals surface area contributed by atoms with Gasteiger partial charge in [0, 0.05) is 0 Å². The van der Waals surface area contributed by atoms with E-state index in [4.69, 9.17) is 4.74 Å². The van der Waals surface area contributed by atoms with Gasteiger partial charge in [-0.15, -0.1) is 0 Å². The minimum absolute atomic E-state index is 0.353. The van der Waals surface area contributed by atoms with Crippen molar-refractivity contribution in [1.82, 2.24) is 0 Å². The zero-order valence-corrected chi connectivity index (χ0v) is 19.5. The summed E-state index contributed by atoms with van der Waals surface area (Å²) in [6, 6.07) is 8.72.